The average molecular weight is 549 g/mol. The fourth-order valence-corrected chi connectivity index (χ4v) is 5.50. The van der Waals surface area contributed by atoms with E-state index < -0.39 is 17.9 Å². The van der Waals surface area contributed by atoms with Crippen LogP contribution in [-0.2, 0) is 19.1 Å². The minimum atomic E-state index is -0.658. The second-order valence-electron chi connectivity index (χ2n) is 8.81. The van der Waals surface area contributed by atoms with Crippen LogP contribution in [0.2, 0.25) is 0 Å². The molecule has 0 amide bonds. The van der Waals surface area contributed by atoms with Gasteiger partial charge in [0.15, 0.2) is 11.5 Å². The van der Waals surface area contributed by atoms with Crippen molar-refractivity contribution in [3.63, 3.8) is 0 Å². The Morgan fingerprint density at radius 2 is 1.51 bits per heavy atom. The van der Waals surface area contributed by atoms with E-state index in [1.54, 1.807) is 28.1 Å². The van der Waals surface area contributed by atoms with Crippen molar-refractivity contribution in [1.29, 1.82) is 0 Å². The van der Waals surface area contributed by atoms with Crippen LogP contribution in [0.1, 0.15) is 39.2 Å². The second kappa shape index (κ2) is 12.2. The second-order valence-corrected chi connectivity index (χ2v) is 9.67. The minimum Gasteiger partial charge on any atom is -0.493 e. The number of allylic oxidation sites excluding steroid dienone is 2. The summed E-state index contributed by atoms with van der Waals surface area (Å²) < 4.78 is 21.6. The molecule has 3 aromatic rings. The van der Waals surface area contributed by atoms with E-state index in [9.17, 15) is 9.59 Å². The number of aromatic nitrogens is 1. The number of nitrogens with one attached hydrogen (secondary N) is 1. The van der Waals surface area contributed by atoms with Crippen molar-refractivity contribution in [2.24, 2.45) is 0 Å². The standard InChI is InChI=1S/C30H32N2O6S/c1-7-37-29(33)25-17(3)31-18(4)26(30(34)38-8-2)27(25)20-10-9-11-21(14-20)28-32-22(16-39-28)19-12-13-23(35-5)24(15-19)36-6/h9-16,27,31H,7-8H2,1-6H3. The summed E-state index contributed by atoms with van der Waals surface area (Å²) in [5.41, 5.74) is 5.37. The molecule has 39 heavy (non-hydrogen) atoms. The molecule has 9 heteroatoms. The van der Waals surface area contributed by atoms with Crippen molar-refractivity contribution in [2.75, 3.05) is 27.4 Å². The molecular weight excluding hydrogens is 516 g/mol. The molecule has 1 aliphatic rings. The Bertz CT molecular complexity index is 1420. The Morgan fingerprint density at radius 1 is 0.872 bits per heavy atom. The summed E-state index contributed by atoms with van der Waals surface area (Å²) in [6.45, 7) is 7.57. The fraction of sp³-hybridized carbons (Fsp3) is 0.300. The normalized spacial score (nSPS) is 13.7. The third kappa shape index (κ3) is 5.68. The van der Waals surface area contributed by atoms with Gasteiger partial charge in [-0.05, 0) is 57.5 Å². The Morgan fingerprint density at radius 3 is 2.10 bits per heavy atom. The topological polar surface area (TPSA) is 96.0 Å². The molecule has 0 saturated carbocycles. The third-order valence-electron chi connectivity index (χ3n) is 6.40. The van der Waals surface area contributed by atoms with Gasteiger partial charge in [0.25, 0.3) is 0 Å². The molecule has 0 saturated heterocycles. The van der Waals surface area contributed by atoms with E-state index in [1.165, 1.54) is 11.3 Å². The van der Waals surface area contributed by atoms with Crippen LogP contribution < -0.4 is 14.8 Å². The number of rotatable bonds is 9. The molecule has 8 nitrogen and oxygen atoms in total. The van der Waals surface area contributed by atoms with E-state index in [4.69, 9.17) is 23.9 Å². The number of benzene rings is 2. The molecule has 0 aliphatic carbocycles. The molecule has 0 radical (unpaired) electrons. The highest BCUT2D eigenvalue weighted by Gasteiger charge is 2.38. The van der Waals surface area contributed by atoms with Crippen LogP contribution in [0.25, 0.3) is 21.8 Å². The first-order valence-corrected chi connectivity index (χ1v) is 13.5. The van der Waals surface area contributed by atoms with E-state index in [-0.39, 0.29) is 13.2 Å². The van der Waals surface area contributed by atoms with Crippen LogP contribution >= 0.6 is 11.3 Å². The summed E-state index contributed by atoms with van der Waals surface area (Å²) in [6.07, 6.45) is 0. The zero-order chi connectivity index (χ0) is 28.1. The van der Waals surface area contributed by atoms with Gasteiger partial charge in [0.2, 0.25) is 0 Å². The fourth-order valence-electron chi connectivity index (χ4n) is 4.67. The molecule has 0 atom stereocenters. The highest BCUT2D eigenvalue weighted by Crippen LogP contribution is 2.41. The maximum atomic E-state index is 13.1. The zero-order valence-corrected chi connectivity index (χ0v) is 23.7. The number of nitrogens with zero attached hydrogens (tertiary/aromatic N) is 1. The minimum absolute atomic E-state index is 0.220. The Kier molecular flexibility index (Phi) is 8.71. The number of hydrogen-bond donors (Lipinski definition) is 1. The smallest absolute Gasteiger partial charge is 0.336 e. The maximum absolute atomic E-state index is 13.1. The Hall–Kier alpha value is -4.11. The quantitative estimate of drug-likeness (QED) is 0.333. The van der Waals surface area contributed by atoms with Crippen molar-refractivity contribution in [2.45, 2.75) is 33.6 Å². The van der Waals surface area contributed by atoms with Crippen LogP contribution in [0.5, 0.6) is 11.5 Å². The number of carbonyl (C=O) groups excluding carboxylic acids is 2. The molecular formula is C30H32N2O6S. The molecule has 1 N–H and O–H groups in total. The number of carbonyl (C=O) groups is 2. The Labute approximate surface area is 232 Å². The van der Waals surface area contributed by atoms with Gasteiger partial charge < -0.3 is 24.3 Å². The van der Waals surface area contributed by atoms with Gasteiger partial charge in [-0.2, -0.15) is 0 Å². The number of dihydropyridines is 1. The van der Waals surface area contributed by atoms with Crippen molar-refractivity contribution >= 4 is 23.3 Å². The summed E-state index contributed by atoms with van der Waals surface area (Å²) in [7, 11) is 3.20. The first-order valence-electron chi connectivity index (χ1n) is 12.6. The molecule has 2 heterocycles. The molecule has 0 spiro atoms. The van der Waals surface area contributed by atoms with Gasteiger partial charge in [-0.1, -0.05) is 18.2 Å². The number of esters is 2. The van der Waals surface area contributed by atoms with Crippen molar-refractivity contribution in [1.82, 2.24) is 10.3 Å². The predicted octanol–water partition coefficient (Wildman–Crippen LogP) is 5.86. The molecule has 1 aromatic heterocycles. The van der Waals surface area contributed by atoms with Crippen LogP contribution in [-0.4, -0.2) is 44.4 Å². The number of methoxy groups -OCH3 is 2. The van der Waals surface area contributed by atoms with Crippen LogP contribution in [0.4, 0.5) is 0 Å². The van der Waals surface area contributed by atoms with Gasteiger partial charge in [0.05, 0.1) is 50.2 Å². The maximum Gasteiger partial charge on any atom is 0.336 e. The number of ether oxygens (including phenoxy) is 4. The van der Waals surface area contributed by atoms with Gasteiger partial charge in [0, 0.05) is 27.9 Å². The molecule has 4 rings (SSSR count). The Balaban J connectivity index is 1.77. The van der Waals surface area contributed by atoms with Crippen LogP contribution in [0.15, 0.2) is 70.4 Å². The largest absolute Gasteiger partial charge is 0.493 e. The monoisotopic (exact) mass is 548 g/mol. The summed E-state index contributed by atoms with van der Waals surface area (Å²) in [6, 6.07) is 13.4. The lowest BCUT2D eigenvalue weighted by atomic mass is 9.80. The van der Waals surface area contributed by atoms with E-state index >= 15 is 0 Å². The zero-order valence-electron chi connectivity index (χ0n) is 22.9. The average Bonchev–Trinajstić information content (AvgIpc) is 3.43. The lowest BCUT2D eigenvalue weighted by molar-refractivity contribution is -0.139. The summed E-state index contributed by atoms with van der Waals surface area (Å²) in [4.78, 5) is 31.1. The van der Waals surface area contributed by atoms with E-state index in [2.05, 4.69) is 5.32 Å². The molecule has 2 aromatic carbocycles. The van der Waals surface area contributed by atoms with Gasteiger partial charge in [-0.25, -0.2) is 14.6 Å². The summed E-state index contributed by atoms with van der Waals surface area (Å²) >= 11 is 1.50. The molecule has 0 bridgehead atoms. The van der Waals surface area contributed by atoms with Crippen LogP contribution in [0, 0.1) is 0 Å². The van der Waals surface area contributed by atoms with Crippen molar-refractivity contribution in [3.8, 4) is 33.3 Å². The molecule has 204 valence electrons. The molecule has 0 fully saturated rings. The van der Waals surface area contributed by atoms with E-state index in [0.717, 1.165) is 27.4 Å². The highest BCUT2D eigenvalue weighted by molar-refractivity contribution is 7.13. The van der Waals surface area contributed by atoms with Gasteiger partial charge in [-0.15, -0.1) is 11.3 Å². The van der Waals surface area contributed by atoms with Crippen molar-refractivity contribution in [3.05, 3.63) is 75.9 Å². The lowest BCUT2D eigenvalue weighted by Crippen LogP contribution is -2.32. The number of hydrogen-bond acceptors (Lipinski definition) is 9. The summed E-state index contributed by atoms with van der Waals surface area (Å²) in [5.74, 6) is -0.336. The van der Waals surface area contributed by atoms with Gasteiger partial charge in [-0.3, -0.25) is 0 Å². The SMILES string of the molecule is CCOC(=O)C1=C(C)NC(C)=C(C(=O)OCC)C1c1cccc(-c2nc(-c3ccc(OC)c(OC)c3)cs2)c1. The first kappa shape index (κ1) is 27.9. The van der Waals surface area contributed by atoms with Gasteiger partial charge in [0.1, 0.15) is 5.01 Å². The first-order chi connectivity index (χ1) is 18.8. The predicted molar refractivity (Wildman–Crippen MR) is 151 cm³/mol. The lowest BCUT2D eigenvalue weighted by Gasteiger charge is -2.30. The van der Waals surface area contributed by atoms with E-state index in [0.29, 0.717) is 34.0 Å². The van der Waals surface area contributed by atoms with Crippen molar-refractivity contribution < 1.29 is 28.5 Å². The number of thiazole rings is 1. The summed E-state index contributed by atoms with van der Waals surface area (Å²) in [5, 5.41) is 5.95. The van der Waals surface area contributed by atoms with Crippen LogP contribution in [0.3, 0.4) is 0 Å². The highest BCUT2D eigenvalue weighted by atomic mass is 32.1. The molecule has 0 unspecified atom stereocenters. The van der Waals surface area contributed by atoms with Gasteiger partial charge >= 0.3 is 11.9 Å². The third-order valence-corrected chi connectivity index (χ3v) is 7.29. The molecule has 1 aliphatic heterocycles. The van der Waals surface area contributed by atoms with E-state index in [1.807, 2.05) is 61.7 Å².